The lowest BCUT2D eigenvalue weighted by Gasteiger charge is -2.47. The molecule has 0 unspecified atom stereocenters. The number of phenols is 1. The molecular weight excluding hydrogens is 435 g/mol. The van der Waals surface area contributed by atoms with Gasteiger partial charge in [-0.25, -0.2) is 4.39 Å². The lowest BCUT2D eigenvalue weighted by Crippen LogP contribution is -2.62. The van der Waals surface area contributed by atoms with Gasteiger partial charge in [-0.3, -0.25) is 14.6 Å². The van der Waals surface area contributed by atoms with Gasteiger partial charge in [0.2, 0.25) is 5.91 Å². The van der Waals surface area contributed by atoms with Crippen LogP contribution < -0.4 is 9.80 Å². The average molecular weight is 461 g/mol. The summed E-state index contributed by atoms with van der Waals surface area (Å²) >= 11 is 0. The van der Waals surface area contributed by atoms with Crippen molar-refractivity contribution in [1.82, 2.24) is 9.88 Å². The highest BCUT2D eigenvalue weighted by Gasteiger charge is 2.42. The first-order valence-corrected chi connectivity index (χ1v) is 11.1. The Morgan fingerprint density at radius 1 is 1.26 bits per heavy atom. The molecule has 1 saturated heterocycles. The fourth-order valence-electron chi connectivity index (χ4n) is 5.27. The van der Waals surface area contributed by atoms with E-state index in [9.17, 15) is 19.1 Å². The van der Waals surface area contributed by atoms with Crippen molar-refractivity contribution in [1.29, 1.82) is 0 Å². The van der Waals surface area contributed by atoms with Crippen LogP contribution in [0.25, 0.3) is 22.0 Å². The number of carbonyl (C=O) groups is 2. The summed E-state index contributed by atoms with van der Waals surface area (Å²) in [7, 11) is 1.71. The lowest BCUT2D eigenvalue weighted by molar-refractivity contribution is -0.128. The number of phenolic OH excluding ortho intramolecular Hbond substituents is 1. The van der Waals surface area contributed by atoms with Gasteiger partial charge in [-0.05, 0) is 54.8 Å². The fourth-order valence-corrected chi connectivity index (χ4v) is 5.27. The molecule has 0 spiro atoms. The van der Waals surface area contributed by atoms with E-state index in [-0.39, 0.29) is 29.7 Å². The van der Waals surface area contributed by atoms with Crippen LogP contribution in [0.15, 0.2) is 43.1 Å². The molecule has 0 bridgehead atoms. The number of benzene rings is 2. The number of aromatic hydroxyl groups is 1. The average Bonchev–Trinajstić information content (AvgIpc) is 2.82. The Morgan fingerprint density at radius 3 is 2.74 bits per heavy atom. The number of aromatic nitrogens is 1. The number of anilines is 2. The number of hydrogen-bond acceptors (Lipinski definition) is 5. The molecule has 7 nitrogen and oxygen atoms in total. The van der Waals surface area contributed by atoms with E-state index < -0.39 is 11.9 Å². The highest BCUT2D eigenvalue weighted by Crippen LogP contribution is 2.45. The van der Waals surface area contributed by atoms with Gasteiger partial charge in [0, 0.05) is 25.5 Å². The first-order valence-electron chi connectivity index (χ1n) is 11.1. The summed E-state index contributed by atoms with van der Waals surface area (Å²) in [4.78, 5) is 35.3. The molecule has 2 aliphatic rings. The van der Waals surface area contributed by atoms with Gasteiger partial charge in [0.05, 0.1) is 35.2 Å². The van der Waals surface area contributed by atoms with Gasteiger partial charge in [0.1, 0.15) is 17.6 Å². The van der Waals surface area contributed by atoms with Crippen molar-refractivity contribution in [3.63, 3.8) is 0 Å². The van der Waals surface area contributed by atoms with Crippen LogP contribution in [0.4, 0.5) is 15.8 Å². The molecule has 0 saturated carbocycles. The largest absolute Gasteiger partial charge is 0.507 e. The molecule has 34 heavy (non-hydrogen) atoms. The predicted molar refractivity (Wildman–Crippen MR) is 130 cm³/mol. The summed E-state index contributed by atoms with van der Waals surface area (Å²) in [6.45, 7) is 8.54. The van der Waals surface area contributed by atoms with Crippen LogP contribution in [0.5, 0.6) is 5.75 Å². The van der Waals surface area contributed by atoms with Gasteiger partial charge in [-0.2, -0.15) is 0 Å². The monoisotopic (exact) mass is 460 g/mol. The van der Waals surface area contributed by atoms with Crippen molar-refractivity contribution in [3.8, 4) is 16.9 Å². The van der Waals surface area contributed by atoms with Gasteiger partial charge < -0.3 is 19.8 Å². The van der Waals surface area contributed by atoms with E-state index in [0.29, 0.717) is 29.9 Å². The summed E-state index contributed by atoms with van der Waals surface area (Å²) in [5.41, 5.74) is 4.53. The summed E-state index contributed by atoms with van der Waals surface area (Å²) < 4.78 is 14.7. The molecule has 5 rings (SSSR count). The highest BCUT2D eigenvalue weighted by atomic mass is 19.1. The maximum absolute atomic E-state index is 14.7. The Balaban J connectivity index is 1.72. The molecule has 174 valence electrons. The van der Waals surface area contributed by atoms with Gasteiger partial charge in [0.25, 0.3) is 5.91 Å². The first-order chi connectivity index (χ1) is 16.2. The quantitative estimate of drug-likeness (QED) is 0.592. The predicted octanol–water partition coefficient (Wildman–Crippen LogP) is 3.54. The molecule has 1 atom stereocenters. The van der Waals surface area contributed by atoms with E-state index in [0.717, 1.165) is 22.2 Å². The fraction of sp³-hybridized carbons (Fsp3) is 0.269. The minimum absolute atomic E-state index is 0.100. The lowest BCUT2D eigenvalue weighted by atomic mass is 9.90. The number of pyridine rings is 1. The minimum Gasteiger partial charge on any atom is -0.507 e. The van der Waals surface area contributed by atoms with E-state index in [1.165, 1.54) is 24.3 Å². The third-order valence-corrected chi connectivity index (χ3v) is 6.93. The van der Waals surface area contributed by atoms with Crippen LogP contribution in [0.3, 0.4) is 0 Å². The maximum Gasteiger partial charge on any atom is 0.251 e. The molecule has 2 amide bonds. The summed E-state index contributed by atoms with van der Waals surface area (Å²) in [6, 6.07) is 5.69. The highest BCUT2D eigenvalue weighted by molar-refractivity contribution is 6.13. The number of piperazine rings is 1. The summed E-state index contributed by atoms with van der Waals surface area (Å²) in [5, 5.41) is 11.3. The smallest absolute Gasteiger partial charge is 0.251 e. The molecule has 3 aromatic rings. The number of carbonyl (C=O) groups excluding carboxylic acids is 2. The second-order valence-corrected chi connectivity index (χ2v) is 8.81. The molecule has 2 aromatic carbocycles. The minimum atomic E-state index is -0.517. The van der Waals surface area contributed by atoms with Crippen LogP contribution >= 0.6 is 0 Å². The third kappa shape index (κ3) is 3.05. The molecular formula is C26H25FN4O3. The van der Waals surface area contributed by atoms with E-state index in [1.54, 1.807) is 23.0 Å². The number of nitrogens with zero attached hydrogens (tertiary/aromatic N) is 4. The second kappa shape index (κ2) is 7.83. The summed E-state index contributed by atoms with van der Waals surface area (Å²) in [5.74, 6) is -0.924. The molecule has 3 heterocycles. The van der Waals surface area contributed by atoms with Gasteiger partial charge in [-0.1, -0.05) is 12.6 Å². The zero-order valence-electron chi connectivity index (χ0n) is 19.3. The zero-order valence-corrected chi connectivity index (χ0v) is 19.3. The topological polar surface area (TPSA) is 77.0 Å². The number of halogens is 1. The molecule has 0 radical (unpaired) electrons. The third-order valence-electron chi connectivity index (χ3n) is 6.93. The Morgan fingerprint density at radius 2 is 2.03 bits per heavy atom. The Hall–Kier alpha value is -3.94. The van der Waals surface area contributed by atoms with Gasteiger partial charge in [-0.15, -0.1) is 0 Å². The molecule has 1 aromatic heterocycles. The van der Waals surface area contributed by atoms with Crippen LogP contribution in [-0.4, -0.2) is 59.5 Å². The van der Waals surface area contributed by atoms with E-state index >= 15 is 0 Å². The van der Waals surface area contributed by atoms with Crippen molar-refractivity contribution in [2.45, 2.75) is 19.9 Å². The molecule has 1 N–H and O–H groups in total. The SMILES string of the molecule is C=CC(=O)N1CCN2c3c(cnc4c(C)c(-c5c(O)cccc5F)c(C)cc34)N(C)C(=O)[C@H]2C1. The van der Waals surface area contributed by atoms with Gasteiger partial charge >= 0.3 is 0 Å². The Kier molecular flexibility index (Phi) is 5.04. The molecule has 2 aliphatic heterocycles. The van der Waals surface area contributed by atoms with Crippen LogP contribution in [0.2, 0.25) is 0 Å². The van der Waals surface area contributed by atoms with Gasteiger partial charge in [0.15, 0.2) is 0 Å². The van der Waals surface area contributed by atoms with Crippen LogP contribution in [-0.2, 0) is 9.59 Å². The van der Waals surface area contributed by atoms with E-state index in [4.69, 9.17) is 0 Å². The second-order valence-electron chi connectivity index (χ2n) is 8.81. The first kappa shape index (κ1) is 21.9. The number of rotatable bonds is 2. The standard InChI is InChI=1S/C26H25FN4O3/c1-5-21(33)30-9-10-31-19(13-30)26(34)29(4)18-12-28-24-15(3)22(14(2)11-16(24)25(18)31)23-17(27)7-6-8-20(23)32/h5-8,11-12,19,32H,1,9-10,13H2,2-4H3/t19-/m1/s1. The summed E-state index contributed by atoms with van der Waals surface area (Å²) in [6.07, 6.45) is 2.94. The Labute approximate surface area is 196 Å². The zero-order chi connectivity index (χ0) is 24.3. The van der Waals surface area contributed by atoms with Crippen molar-refractivity contribution in [2.24, 2.45) is 0 Å². The van der Waals surface area contributed by atoms with Crippen LogP contribution in [0, 0.1) is 19.7 Å². The number of fused-ring (bicyclic) bond motifs is 5. The van der Waals surface area contributed by atoms with Crippen LogP contribution in [0.1, 0.15) is 11.1 Å². The number of hydrogen-bond donors (Lipinski definition) is 1. The maximum atomic E-state index is 14.7. The molecule has 8 heteroatoms. The Bertz CT molecular complexity index is 1370. The van der Waals surface area contributed by atoms with Crippen molar-refractivity contribution in [3.05, 3.63) is 60.1 Å². The number of aryl methyl sites for hydroxylation is 2. The van der Waals surface area contributed by atoms with Crippen molar-refractivity contribution in [2.75, 3.05) is 36.5 Å². The van der Waals surface area contributed by atoms with Crippen molar-refractivity contribution >= 4 is 34.1 Å². The van der Waals surface area contributed by atoms with Crippen molar-refractivity contribution < 1.29 is 19.1 Å². The van der Waals surface area contributed by atoms with E-state index in [2.05, 4.69) is 11.6 Å². The normalized spacial score (nSPS) is 17.6. The molecule has 0 aliphatic carbocycles. The number of likely N-dealkylation sites (N-methyl/N-ethyl adjacent to an activating group) is 1. The molecule has 1 fully saturated rings. The number of amides is 2. The van der Waals surface area contributed by atoms with E-state index in [1.807, 2.05) is 24.8 Å².